The molecule has 0 amide bonds. The van der Waals surface area contributed by atoms with E-state index in [-0.39, 0.29) is 6.04 Å². The fourth-order valence-corrected chi connectivity index (χ4v) is 2.48. The SMILES string of the molecule is CC(c1ccc(Cl)cc1)n1cncc1-c1cccnc1N. The summed E-state index contributed by atoms with van der Waals surface area (Å²) in [5.41, 5.74) is 8.96. The lowest BCUT2D eigenvalue weighted by Gasteiger charge is -2.17. The number of hydrogen-bond acceptors (Lipinski definition) is 3. The Morgan fingerprint density at radius 3 is 2.67 bits per heavy atom. The lowest BCUT2D eigenvalue weighted by Crippen LogP contribution is -2.08. The summed E-state index contributed by atoms with van der Waals surface area (Å²) in [7, 11) is 0. The van der Waals surface area contributed by atoms with Crippen molar-refractivity contribution in [3.05, 3.63) is 65.7 Å². The first-order valence-corrected chi connectivity index (χ1v) is 7.03. The molecule has 5 heteroatoms. The second kappa shape index (κ2) is 5.58. The highest BCUT2D eigenvalue weighted by Crippen LogP contribution is 2.29. The molecule has 0 fully saturated rings. The maximum absolute atomic E-state index is 5.97. The van der Waals surface area contributed by atoms with Crippen molar-refractivity contribution in [2.75, 3.05) is 5.73 Å². The van der Waals surface area contributed by atoms with Gasteiger partial charge in [0.2, 0.25) is 0 Å². The van der Waals surface area contributed by atoms with Gasteiger partial charge in [-0.3, -0.25) is 0 Å². The number of nitrogens with zero attached hydrogens (tertiary/aromatic N) is 3. The fourth-order valence-electron chi connectivity index (χ4n) is 2.36. The van der Waals surface area contributed by atoms with Crippen LogP contribution in [0.25, 0.3) is 11.3 Å². The number of aromatic nitrogens is 3. The zero-order chi connectivity index (χ0) is 14.8. The molecule has 0 aliphatic rings. The van der Waals surface area contributed by atoms with Crippen LogP contribution in [0.5, 0.6) is 0 Å². The largest absolute Gasteiger partial charge is 0.383 e. The number of pyridine rings is 1. The summed E-state index contributed by atoms with van der Waals surface area (Å²) in [6.07, 6.45) is 5.29. The standard InChI is InChI=1S/C16H15ClN4/c1-11(12-4-6-13(17)7-5-12)21-10-19-9-15(21)14-3-2-8-20-16(14)18/h2-11H,1H3,(H2,18,20). The van der Waals surface area contributed by atoms with E-state index in [9.17, 15) is 0 Å². The molecule has 0 aliphatic carbocycles. The van der Waals surface area contributed by atoms with E-state index in [0.717, 1.165) is 21.8 Å². The van der Waals surface area contributed by atoms with E-state index in [4.69, 9.17) is 17.3 Å². The number of anilines is 1. The first kappa shape index (κ1) is 13.6. The van der Waals surface area contributed by atoms with Crippen molar-refractivity contribution in [3.8, 4) is 11.3 Å². The van der Waals surface area contributed by atoms with E-state index >= 15 is 0 Å². The Morgan fingerprint density at radius 1 is 1.19 bits per heavy atom. The van der Waals surface area contributed by atoms with Crippen LogP contribution < -0.4 is 5.73 Å². The molecule has 3 rings (SSSR count). The summed E-state index contributed by atoms with van der Waals surface area (Å²) in [4.78, 5) is 8.40. The first-order valence-electron chi connectivity index (χ1n) is 6.65. The van der Waals surface area contributed by atoms with Gasteiger partial charge < -0.3 is 10.3 Å². The Kier molecular flexibility index (Phi) is 3.62. The topological polar surface area (TPSA) is 56.7 Å². The fraction of sp³-hybridized carbons (Fsp3) is 0.125. The molecular weight excluding hydrogens is 284 g/mol. The van der Waals surface area contributed by atoms with Gasteiger partial charge in [0, 0.05) is 16.8 Å². The predicted molar refractivity (Wildman–Crippen MR) is 85.1 cm³/mol. The molecule has 1 atom stereocenters. The molecule has 0 saturated carbocycles. The summed E-state index contributed by atoms with van der Waals surface area (Å²) < 4.78 is 2.08. The number of halogens is 1. The number of benzene rings is 1. The van der Waals surface area contributed by atoms with Gasteiger partial charge in [0.05, 0.1) is 24.3 Å². The third kappa shape index (κ3) is 2.62. The van der Waals surface area contributed by atoms with Crippen molar-refractivity contribution in [1.29, 1.82) is 0 Å². The molecule has 4 nitrogen and oxygen atoms in total. The van der Waals surface area contributed by atoms with Gasteiger partial charge in [-0.15, -0.1) is 0 Å². The molecule has 0 aliphatic heterocycles. The monoisotopic (exact) mass is 298 g/mol. The molecule has 21 heavy (non-hydrogen) atoms. The van der Waals surface area contributed by atoms with Crippen molar-refractivity contribution in [3.63, 3.8) is 0 Å². The number of imidazole rings is 1. The van der Waals surface area contributed by atoms with Gasteiger partial charge in [0.25, 0.3) is 0 Å². The Balaban J connectivity index is 2.03. The molecule has 106 valence electrons. The Labute approximate surface area is 128 Å². The summed E-state index contributed by atoms with van der Waals surface area (Å²) >= 11 is 5.95. The van der Waals surface area contributed by atoms with Crippen molar-refractivity contribution in [2.24, 2.45) is 0 Å². The Morgan fingerprint density at radius 2 is 1.95 bits per heavy atom. The summed E-state index contributed by atoms with van der Waals surface area (Å²) in [6.45, 7) is 2.11. The zero-order valence-corrected chi connectivity index (χ0v) is 12.3. The molecule has 3 aromatic rings. The molecule has 2 heterocycles. The van der Waals surface area contributed by atoms with Crippen LogP contribution in [0.3, 0.4) is 0 Å². The Bertz CT molecular complexity index is 749. The average molecular weight is 299 g/mol. The maximum atomic E-state index is 5.97. The number of hydrogen-bond donors (Lipinski definition) is 1. The third-order valence-electron chi connectivity index (χ3n) is 3.55. The van der Waals surface area contributed by atoms with Crippen LogP contribution in [0.2, 0.25) is 5.02 Å². The number of rotatable bonds is 3. The van der Waals surface area contributed by atoms with Gasteiger partial charge >= 0.3 is 0 Å². The predicted octanol–water partition coefficient (Wildman–Crippen LogP) is 3.79. The minimum atomic E-state index is 0.124. The van der Waals surface area contributed by atoms with E-state index in [1.54, 1.807) is 18.7 Å². The van der Waals surface area contributed by atoms with Crippen LogP contribution >= 0.6 is 11.6 Å². The molecule has 0 radical (unpaired) electrons. The van der Waals surface area contributed by atoms with Crippen LogP contribution in [0.4, 0.5) is 5.82 Å². The normalized spacial score (nSPS) is 12.3. The van der Waals surface area contributed by atoms with Crippen LogP contribution in [0.15, 0.2) is 55.1 Å². The van der Waals surface area contributed by atoms with E-state index in [0.29, 0.717) is 5.82 Å². The molecule has 0 bridgehead atoms. The van der Waals surface area contributed by atoms with Gasteiger partial charge in [-0.05, 0) is 36.8 Å². The summed E-state index contributed by atoms with van der Waals surface area (Å²) in [5.74, 6) is 0.502. The van der Waals surface area contributed by atoms with Crippen molar-refractivity contribution >= 4 is 17.4 Å². The molecule has 0 saturated heterocycles. The van der Waals surface area contributed by atoms with Crippen LogP contribution in [-0.2, 0) is 0 Å². The van der Waals surface area contributed by atoms with Gasteiger partial charge in [0.15, 0.2) is 0 Å². The average Bonchev–Trinajstić information content (AvgIpc) is 2.97. The second-order valence-corrected chi connectivity index (χ2v) is 5.29. The molecular formula is C16H15ClN4. The van der Waals surface area contributed by atoms with Crippen molar-refractivity contribution in [1.82, 2.24) is 14.5 Å². The van der Waals surface area contributed by atoms with Crippen LogP contribution in [-0.4, -0.2) is 14.5 Å². The minimum absolute atomic E-state index is 0.124. The molecule has 0 spiro atoms. The smallest absolute Gasteiger partial charge is 0.132 e. The Hall–Kier alpha value is -2.33. The first-order chi connectivity index (χ1) is 10.2. The van der Waals surface area contributed by atoms with E-state index in [2.05, 4.69) is 21.5 Å². The quantitative estimate of drug-likeness (QED) is 0.800. The van der Waals surface area contributed by atoms with Gasteiger partial charge in [-0.25, -0.2) is 9.97 Å². The number of nitrogens with two attached hydrogens (primary N) is 1. The summed E-state index contributed by atoms with van der Waals surface area (Å²) in [5, 5.41) is 0.730. The van der Waals surface area contributed by atoms with Gasteiger partial charge in [-0.1, -0.05) is 23.7 Å². The molecule has 2 aromatic heterocycles. The highest BCUT2D eigenvalue weighted by atomic mass is 35.5. The van der Waals surface area contributed by atoms with Crippen molar-refractivity contribution < 1.29 is 0 Å². The molecule has 1 unspecified atom stereocenters. The van der Waals surface area contributed by atoms with E-state index < -0.39 is 0 Å². The highest BCUT2D eigenvalue weighted by molar-refractivity contribution is 6.30. The highest BCUT2D eigenvalue weighted by Gasteiger charge is 2.14. The minimum Gasteiger partial charge on any atom is -0.383 e. The van der Waals surface area contributed by atoms with E-state index in [1.807, 2.05) is 36.4 Å². The van der Waals surface area contributed by atoms with Crippen LogP contribution in [0, 0.1) is 0 Å². The maximum Gasteiger partial charge on any atom is 0.132 e. The lowest BCUT2D eigenvalue weighted by atomic mass is 10.1. The van der Waals surface area contributed by atoms with Crippen LogP contribution in [0.1, 0.15) is 18.5 Å². The number of nitrogen functional groups attached to an aromatic ring is 1. The third-order valence-corrected chi connectivity index (χ3v) is 3.80. The van der Waals surface area contributed by atoms with Crippen molar-refractivity contribution in [2.45, 2.75) is 13.0 Å². The molecule has 1 aromatic carbocycles. The van der Waals surface area contributed by atoms with E-state index in [1.165, 1.54) is 0 Å². The van der Waals surface area contributed by atoms with Gasteiger partial charge in [-0.2, -0.15) is 0 Å². The zero-order valence-electron chi connectivity index (χ0n) is 11.6. The second-order valence-electron chi connectivity index (χ2n) is 4.85. The molecule has 2 N–H and O–H groups in total. The lowest BCUT2D eigenvalue weighted by molar-refractivity contribution is 0.644. The van der Waals surface area contributed by atoms with Gasteiger partial charge in [0.1, 0.15) is 5.82 Å². The summed E-state index contributed by atoms with van der Waals surface area (Å²) in [6, 6.07) is 11.8.